The number of quaternary nitrogens is 1. The Morgan fingerprint density at radius 2 is 1.71 bits per heavy atom. The number of carbonyl (C=O) groups excluding carboxylic acids is 2. The molecule has 0 saturated heterocycles. The average Bonchev–Trinajstić information content (AvgIpc) is 2.59. The zero-order valence-corrected chi connectivity index (χ0v) is 20.8. The van der Waals surface area contributed by atoms with Crippen molar-refractivity contribution < 1.29 is 85.6 Å². The van der Waals surface area contributed by atoms with Crippen LogP contribution in [0.15, 0.2) is 12.2 Å². The molecule has 0 aromatic carbocycles. The van der Waals surface area contributed by atoms with E-state index >= 15 is 0 Å². The molecule has 0 radical (unpaired) electrons. The van der Waals surface area contributed by atoms with E-state index in [0.717, 1.165) is 19.3 Å². The maximum absolute atomic E-state index is 11.9. The molecule has 0 saturated carbocycles. The van der Waals surface area contributed by atoms with Crippen molar-refractivity contribution in [1.82, 2.24) is 5.32 Å². The fourth-order valence-corrected chi connectivity index (χ4v) is 3.60. The van der Waals surface area contributed by atoms with Crippen LogP contribution in [0.25, 0.3) is 0 Å². The van der Waals surface area contributed by atoms with E-state index in [2.05, 4.69) is 12.2 Å². The fourth-order valence-electron chi connectivity index (χ4n) is 3.60. The Morgan fingerprint density at radius 1 is 1.11 bits per heavy atom. The molecule has 0 aliphatic rings. The second-order valence-corrected chi connectivity index (χ2v) is 6.61. The first-order chi connectivity index (χ1) is 12.8. The molecular formula is C19H34KN2O6+. The minimum absolute atomic E-state index is 0. The van der Waals surface area contributed by atoms with Crippen molar-refractivity contribution in [3.63, 3.8) is 0 Å². The molecular weight excluding hydrogens is 391 g/mol. The number of carboxylic acids is 2. The summed E-state index contributed by atoms with van der Waals surface area (Å²) in [7, 11) is 0. The number of allylic oxidation sites excluding steroid dienone is 1. The Hall–Kier alpha value is -0.294. The predicted octanol–water partition coefficient (Wildman–Crippen LogP) is -2.95. The topological polar surface area (TPSA) is 127 Å². The molecule has 3 atom stereocenters. The van der Waals surface area contributed by atoms with Gasteiger partial charge in [0.15, 0.2) is 6.04 Å². The summed E-state index contributed by atoms with van der Waals surface area (Å²) < 4.78 is -0.360. The van der Waals surface area contributed by atoms with E-state index in [9.17, 15) is 29.7 Å². The van der Waals surface area contributed by atoms with E-state index in [1.54, 1.807) is 19.9 Å². The molecule has 0 rings (SSSR count). The maximum Gasteiger partial charge on any atom is 1.00 e. The van der Waals surface area contributed by atoms with E-state index in [1.807, 2.05) is 0 Å². The predicted molar refractivity (Wildman–Crippen MR) is 99.6 cm³/mol. The summed E-state index contributed by atoms with van der Waals surface area (Å²) in [6, 6.07) is -2.10. The molecule has 0 fully saturated rings. The number of aliphatic carboxylic acids is 2. The van der Waals surface area contributed by atoms with Gasteiger partial charge < -0.3 is 29.9 Å². The molecule has 156 valence electrons. The van der Waals surface area contributed by atoms with Crippen LogP contribution in [0.1, 0.15) is 52.9 Å². The SMILES string of the molecule is CCCC/C=C/C(=O)NCC[N+](CCO)(C(CC)C(=O)[O-])C(CC)C(=O)O.[K+]. The van der Waals surface area contributed by atoms with E-state index in [4.69, 9.17) is 0 Å². The summed E-state index contributed by atoms with van der Waals surface area (Å²) in [4.78, 5) is 35.4. The van der Waals surface area contributed by atoms with Crippen LogP contribution in [-0.4, -0.2) is 70.9 Å². The third kappa shape index (κ3) is 9.47. The number of carboxylic acid groups (broad SMARTS) is 2. The number of nitrogens with zero attached hydrogens (tertiary/aromatic N) is 1. The van der Waals surface area contributed by atoms with Crippen LogP contribution >= 0.6 is 0 Å². The van der Waals surface area contributed by atoms with Gasteiger partial charge in [-0.25, -0.2) is 4.79 Å². The van der Waals surface area contributed by atoms with Crippen molar-refractivity contribution >= 4 is 17.8 Å². The van der Waals surface area contributed by atoms with Crippen LogP contribution < -0.4 is 61.8 Å². The van der Waals surface area contributed by atoms with Crippen LogP contribution in [0.3, 0.4) is 0 Å². The van der Waals surface area contributed by atoms with Gasteiger partial charge in [-0.05, 0) is 12.5 Å². The zero-order chi connectivity index (χ0) is 20.9. The molecule has 0 spiro atoms. The van der Waals surface area contributed by atoms with Crippen molar-refractivity contribution in [2.45, 2.75) is 65.0 Å². The molecule has 0 aromatic rings. The summed E-state index contributed by atoms with van der Waals surface area (Å²) in [6.07, 6.45) is 6.38. The first kappa shape index (κ1) is 29.9. The molecule has 1 amide bonds. The van der Waals surface area contributed by atoms with Crippen LogP contribution in [-0.2, 0) is 14.4 Å². The van der Waals surface area contributed by atoms with E-state index in [1.165, 1.54) is 6.08 Å². The van der Waals surface area contributed by atoms with E-state index in [-0.39, 0.29) is 101 Å². The number of unbranched alkanes of at least 4 members (excludes halogenated alkanes) is 2. The van der Waals surface area contributed by atoms with Gasteiger partial charge in [0.1, 0.15) is 12.6 Å². The average molecular weight is 426 g/mol. The molecule has 8 nitrogen and oxygen atoms in total. The van der Waals surface area contributed by atoms with Gasteiger partial charge >= 0.3 is 57.4 Å². The van der Waals surface area contributed by atoms with Crippen LogP contribution in [0.4, 0.5) is 0 Å². The van der Waals surface area contributed by atoms with E-state index in [0.29, 0.717) is 0 Å². The summed E-state index contributed by atoms with van der Waals surface area (Å²) in [5.41, 5.74) is 0. The Bertz CT molecular complexity index is 491. The monoisotopic (exact) mass is 425 g/mol. The summed E-state index contributed by atoms with van der Waals surface area (Å²) >= 11 is 0. The van der Waals surface area contributed by atoms with Crippen molar-refractivity contribution in [3.8, 4) is 0 Å². The molecule has 0 aliphatic carbocycles. The molecule has 28 heavy (non-hydrogen) atoms. The number of hydrogen-bond donors (Lipinski definition) is 3. The van der Waals surface area contributed by atoms with Crippen LogP contribution in [0.5, 0.6) is 0 Å². The van der Waals surface area contributed by atoms with Gasteiger partial charge in [-0.2, -0.15) is 0 Å². The Morgan fingerprint density at radius 3 is 2.14 bits per heavy atom. The molecule has 3 N–H and O–H groups in total. The molecule has 0 bridgehead atoms. The van der Waals surface area contributed by atoms with Gasteiger partial charge in [0.05, 0.1) is 25.7 Å². The minimum atomic E-state index is -1.35. The van der Waals surface area contributed by atoms with Gasteiger partial charge in [0, 0.05) is 12.8 Å². The van der Waals surface area contributed by atoms with Gasteiger partial charge in [-0.3, -0.25) is 4.79 Å². The van der Waals surface area contributed by atoms with Crippen LogP contribution in [0, 0.1) is 0 Å². The third-order valence-corrected chi connectivity index (χ3v) is 4.91. The summed E-state index contributed by atoms with van der Waals surface area (Å²) in [6.45, 7) is 5.14. The maximum atomic E-state index is 11.9. The van der Waals surface area contributed by atoms with Gasteiger partial charge in [0.25, 0.3) is 0 Å². The molecule has 0 aromatic heterocycles. The van der Waals surface area contributed by atoms with Gasteiger partial charge in [0.2, 0.25) is 5.91 Å². The number of hydrogen-bond acceptors (Lipinski definition) is 5. The normalized spacial score (nSPS) is 15.3. The first-order valence-corrected chi connectivity index (χ1v) is 9.65. The molecule has 3 unspecified atom stereocenters. The summed E-state index contributed by atoms with van der Waals surface area (Å²) in [5, 5.41) is 33.5. The van der Waals surface area contributed by atoms with Crippen molar-refractivity contribution in [1.29, 1.82) is 0 Å². The van der Waals surface area contributed by atoms with E-state index < -0.39 is 24.0 Å². The standard InChI is InChI=1S/C19H34N2O6.K/c1-4-7-8-9-10-17(23)20-11-12-21(13-14-22,15(5-2)18(24)25)16(6-3)19(26)27;/h9-10,15-16,22H,4-8,11-14H2,1-3H3,(H2-,20,23,24,25,26,27);/q;+1/b10-9+;. The largest absolute Gasteiger partial charge is 1.00 e. The molecule has 0 aliphatic heterocycles. The smallest absolute Gasteiger partial charge is 0.544 e. The Labute approximate surface area is 210 Å². The number of carbonyl (C=O) groups is 3. The third-order valence-electron chi connectivity index (χ3n) is 4.91. The fraction of sp³-hybridized carbons (Fsp3) is 0.737. The zero-order valence-electron chi connectivity index (χ0n) is 17.6. The summed E-state index contributed by atoms with van der Waals surface area (Å²) in [5.74, 6) is -2.79. The van der Waals surface area contributed by atoms with Gasteiger partial charge in [-0.15, -0.1) is 0 Å². The molecule has 9 heteroatoms. The number of aliphatic hydroxyl groups is 1. The first-order valence-electron chi connectivity index (χ1n) is 9.65. The quantitative estimate of drug-likeness (QED) is 0.111. The van der Waals surface area contributed by atoms with Crippen molar-refractivity contribution in [3.05, 3.63) is 12.2 Å². The van der Waals surface area contributed by atoms with Gasteiger partial charge in [-0.1, -0.05) is 39.7 Å². The van der Waals surface area contributed by atoms with Crippen molar-refractivity contribution in [2.75, 3.05) is 26.2 Å². The second-order valence-electron chi connectivity index (χ2n) is 6.61. The Balaban J connectivity index is 0. The van der Waals surface area contributed by atoms with Crippen molar-refractivity contribution in [2.24, 2.45) is 0 Å². The number of aliphatic hydroxyl groups excluding tert-OH is 1. The minimum Gasteiger partial charge on any atom is -0.544 e. The number of amides is 1. The van der Waals surface area contributed by atoms with Crippen LogP contribution in [0.2, 0.25) is 0 Å². The Kier molecular flexibility index (Phi) is 17.6. The second kappa shape index (κ2) is 16.5. The number of nitrogens with one attached hydrogen (secondary N) is 1. The number of rotatable bonds is 15. The molecule has 0 heterocycles.